The average molecular weight is 423 g/mol. The Labute approximate surface area is 180 Å². The first kappa shape index (κ1) is 20.6. The molecule has 0 saturated heterocycles. The molecule has 0 spiro atoms. The smallest absolute Gasteiger partial charge is 0.359 e. The maximum Gasteiger partial charge on any atom is 0.359 e. The van der Waals surface area contributed by atoms with E-state index in [4.69, 9.17) is 9.47 Å². The van der Waals surface area contributed by atoms with Crippen molar-refractivity contribution in [1.29, 1.82) is 0 Å². The average Bonchev–Trinajstić information content (AvgIpc) is 3.37. The van der Waals surface area contributed by atoms with Crippen LogP contribution in [-0.2, 0) is 24.2 Å². The highest BCUT2D eigenvalue weighted by Gasteiger charge is 2.31. The first-order valence-electron chi connectivity index (χ1n) is 10.2. The Kier molecular flexibility index (Phi) is 5.75. The molecule has 0 radical (unpaired) electrons. The van der Waals surface area contributed by atoms with Gasteiger partial charge in [-0.15, -0.1) is 0 Å². The van der Waals surface area contributed by atoms with Crippen molar-refractivity contribution >= 4 is 11.9 Å². The Morgan fingerprint density at radius 1 is 1.23 bits per heavy atom. The number of benzene rings is 1. The third kappa shape index (κ3) is 4.16. The molecule has 1 amide bonds. The zero-order chi connectivity index (χ0) is 22.0. The van der Waals surface area contributed by atoms with Crippen molar-refractivity contribution in [2.45, 2.75) is 33.4 Å². The fourth-order valence-electron chi connectivity index (χ4n) is 3.75. The second-order valence-corrected chi connectivity index (χ2v) is 7.41. The molecule has 0 atom stereocenters. The summed E-state index contributed by atoms with van der Waals surface area (Å²) in [5.41, 5.74) is 4.16. The van der Waals surface area contributed by atoms with Gasteiger partial charge in [0, 0.05) is 29.9 Å². The Morgan fingerprint density at radius 3 is 2.65 bits per heavy atom. The molecule has 1 aliphatic heterocycles. The van der Waals surface area contributed by atoms with E-state index in [2.05, 4.69) is 15.3 Å². The van der Waals surface area contributed by atoms with Crippen molar-refractivity contribution in [2.75, 3.05) is 20.3 Å². The van der Waals surface area contributed by atoms with E-state index in [1.807, 2.05) is 35.9 Å². The number of nitrogens with zero attached hydrogens (tertiary/aromatic N) is 4. The number of esters is 1. The van der Waals surface area contributed by atoms with E-state index in [1.54, 1.807) is 25.0 Å². The minimum atomic E-state index is -0.475. The summed E-state index contributed by atoms with van der Waals surface area (Å²) in [4.78, 5) is 27.2. The molecule has 0 saturated carbocycles. The van der Waals surface area contributed by atoms with E-state index in [9.17, 15) is 9.59 Å². The summed E-state index contributed by atoms with van der Waals surface area (Å²) in [6, 6.07) is 9.44. The van der Waals surface area contributed by atoms with E-state index in [1.165, 1.54) is 0 Å². The van der Waals surface area contributed by atoms with Crippen LogP contribution in [0, 0.1) is 6.92 Å². The highest BCUT2D eigenvalue weighted by Crippen LogP contribution is 2.26. The van der Waals surface area contributed by atoms with Crippen LogP contribution >= 0.6 is 0 Å². The van der Waals surface area contributed by atoms with Crippen LogP contribution in [0.25, 0.3) is 0 Å². The monoisotopic (exact) mass is 423 g/mol. The largest absolute Gasteiger partial charge is 0.497 e. The summed E-state index contributed by atoms with van der Waals surface area (Å²) >= 11 is 0. The van der Waals surface area contributed by atoms with Crippen LogP contribution in [0.15, 0.2) is 30.3 Å². The van der Waals surface area contributed by atoms with E-state index in [-0.39, 0.29) is 24.8 Å². The summed E-state index contributed by atoms with van der Waals surface area (Å²) in [7, 11) is 1.63. The van der Waals surface area contributed by atoms with Gasteiger partial charge in [0.2, 0.25) is 0 Å². The summed E-state index contributed by atoms with van der Waals surface area (Å²) in [6.45, 7) is 5.19. The highest BCUT2D eigenvalue weighted by molar-refractivity contribution is 5.93. The van der Waals surface area contributed by atoms with Gasteiger partial charge in [-0.1, -0.05) is 12.1 Å². The first-order chi connectivity index (χ1) is 15.0. The van der Waals surface area contributed by atoms with Crippen molar-refractivity contribution in [2.24, 2.45) is 0 Å². The topological polar surface area (TPSA) is 102 Å². The number of carbonyl (C=O) groups excluding carboxylic acids is 2. The Morgan fingerprint density at radius 2 is 2.00 bits per heavy atom. The van der Waals surface area contributed by atoms with Crippen LogP contribution < -0.4 is 4.74 Å². The molecule has 0 fully saturated rings. The van der Waals surface area contributed by atoms with E-state index >= 15 is 0 Å². The first-order valence-corrected chi connectivity index (χ1v) is 10.2. The van der Waals surface area contributed by atoms with Gasteiger partial charge in [-0.25, -0.2) is 4.79 Å². The molecular formula is C22H25N5O4. The lowest BCUT2D eigenvalue weighted by Crippen LogP contribution is -2.37. The van der Waals surface area contributed by atoms with Gasteiger partial charge in [0.25, 0.3) is 5.91 Å². The van der Waals surface area contributed by atoms with Gasteiger partial charge < -0.3 is 14.4 Å². The lowest BCUT2D eigenvalue weighted by atomic mass is 10.0. The minimum Gasteiger partial charge on any atom is -0.497 e. The van der Waals surface area contributed by atoms with E-state index in [0.29, 0.717) is 25.2 Å². The predicted molar refractivity (Wildman–Crippen MR) is 112 cm³/mol. The molecule has 1 aliphatic rings. The molecule has 0 unspecified atom stereocenters. The van der Waals surface area contributed by atoms with Gasteiger partial charge in [-0.3, -0.25) is 14.6 Å². The second-order valence-electron chi connectivity index (χ2n) is 7.41. The quantitative estimate of drug-likeness (QED) is 0.611. The molecule has 31 heavy (non-hydrogen) atoms. The zero-order valence-corrected chi connectivity index (χ0v) is 17.8. The summed E-state index contributed by atoms with van der Waals surface area (Å²) in [5, 5.41) is 11.4. The van der Waals surface area contributed by atoms with Crippen molar-refractivity contribution in [1.82, 2.24) is 24.9 Å². The van der Waals surface area contributed by atoms with Crippen LogP contribution in [-0.4, -0.2) is 57.0 Å². The lowest BCUT2D eigenvalue weighted by molar-refractivity contribution is 0.0513. The number of aryl methyl sites for hydroxylation is 1. The van der Waals surface area contributed by atoms with Crippen LogP contribution in [0.3, 0.4) is 0 Å². The van der Waals surface area contributed by atoms with Crippen molar-refractivity contribution in [3.63, 3.8) is 0 Å². The van der Waals surface area contributed by atoms with Crippen LogP contribution in [0.2, 0.25) is 0 Å². The fourth-order valence-corrected chi connectivity index (χ4v) is 3.75. The number of rotatable bonds is 6. The molecule has 9 nitrogen and oxygen atoms in total. The van der Waals surface area contributed by atoms with E-state index < -0.39 is 5.97 Å². The van der Waals surface area contributed by atoms with Gasteiger partial charge in [-0.05, 0) is 37.6 Å². The maximum atomic E-state index is 12.9. The molecule has 1 aromatic carbocycles. The fraction of sp³-hybridized carbons (Fsp3) is 0.364. The number of hydrogen-bond acceptors (Lipinski definition) is 6. The number of aromatic nitrogens is 4. The number of aromatic amines is 1. The Balaban J connectivity index is 1.63. The Bertz CT molecular complexity index is 1100. The minimum absolute atomic E-state index is 0.173. The molecule has 4 rings (SSSR count). The molecule has 0 aliphatic carbocycles. The molecule has 2 aromatic heterocycles. The van der Waals surface area contributed by atoms with Crippen molar-refractivity contribution < 1.29 is 19.1 Å². The number of H-pyrrole nitrogens is 1. The van der Waals surface area contributed by atoms with Gasteiger partial charge in [0.05, 0.1) is 26.8 Å². The Hall–Kier alpha value is -3.62. The van der Waals surface area contributed by atoms with Gasteiger partial charge in [-0.2, -0.15) is 10.2 Å². The molecule has 1 N–H and O–H groups in total. The number of carbonyl (C=O) groups is 2. The van der Waals surface area contributed by atoms with Crippen LogP contribution in [0.5, 0.6) is 5.75 Å². The molecule has 9 heteroatoms. The van der Waals surface area contributed by atoms with Crippen molar-refractivity contribution in [3.8, 4) is 5.75 Å². The van der Waals surface area contributed by atoms with Gasteiger partial charge >= 0.3 is 5.97 Å². The highest BCUT2D eigenvalue weighted by atomic mass is 16.5. The van der Waals surface area contributed by atoms with Gasteiger partial charge in [0.15, 0.2) is 5.69 Å². The number of hydrogen-bond donors (Lipinski definition) is 1. The third-order valence-electron chi connectivity index (χ3n) is 5.31. The van der Waals surface area contributed by atoms with Crippen molar-refractivity contribution in [3.05, 3.63) is 64.2 Å². The van der Waals surface area contributed by atoms with Crippen LogP contribution in [0.4, 0.5) is 0 Å². The van der Waals surface area contributed by atoms with Crippen LogP contribution in [0.1, 0.15) is 50.4 Å². The number of amides is 1. The van der Waals surface area contributed by atoms with Gasteiger partial charge in [0.1, 0.15) is 11.4 Å². The maximum absolute atomic E-state index is 12.9. The predicted octanol–water partition coefficient (Wildman–Crippen LogP) is 2.35. The summed E-state index contributed by atoms with van der Waals surface area (Å²) in [5.74, 6) is 0.131. The molecule has 0 bridgehead atoms. The molecule has 3 heterocycles. The summed E-state index contributed by atoms with van der Waals surface area (Å²) in [6.07, 6.45) is 0.590. The number of methoxy groups -OCH3 is 1. The number of ether oxygens (including phenoxy) is 2. The number of fused-ring (bicyclic) bond motifs is 1. The lowest BCUT2D eigenvalue weighted by Gasteiger charge is -2.27. The SMILES string of the molecule is CCOC(=O)c1nn(Cc2ccc(OC)cc2)c2c1CN(C(=O)c1cc(C)[nH]n1)CC2. The molecule has 162 valence electrons. The third-order valence-corrected chi connectivity index (χ3v) is 5.31. The molecular weight excluding hydrogens is 398 g/mol. The van der Waals surface area contributed by atoms with E-state index in [0.717, 1.165) is 28.3 Å². The standard InChI is InChI=1S/C22H25N5O4/c1-4-31-22(29)20-17-13-26(21(28)18-11-14(2)23-24-18)10-9-19(17)27(25-20)12-15-5-7-16(30-3)8-6-15/h5-8,11H,4,9-10,12-13H2,1-3H3,(H,23,24). The summed E-state index contributed by atoms with van der Waals surface area (Å²) < 4.78 is 12.3. The molecule has 3 aromatic rings. The second kappa shape index (κ2) is 8.63. The normalized spacial score (nSPS) is 13.1. The number of nitrogens with one attached hydrogen (secondary N) is 1. The zero-order valence-electron chi connectivity index (χ0n) is 17.8.